The molecule has 420 valence electrons. The summed E-state index contributed by atoms with van der Waals surface area (Å²) in [5, 5.41) is 79.4. The summed E-state index contributed by atoms with van der Waals surface area (Å²) < 4.78 is 0. The minimum Gasteiger partial charge on any atom is -0.480 e. The van der Waals surface area contributed by atoms with Gasteiger partial charge in [-0.05, 0) is 92.1 Å². The molecule has 0 aromatic rings. The number of carbonyl (C=O) groups is 10. The molecule has 30 N–H and O–H groups in total. The Labute approximate surface area is 428 Å². The molecule has 0 aliphatic carbocycles. The van der Waals surface area contributed by atoms with E-state index in [0.29, 0.717) is 32.1 Å². The molecule has 30 nitrogen and oxygen atoms in total. The van der Waals surface area contributed by atoms with Crippen molar-refractivity contribution < 1.29 is 99.0 Å². The van der Waals surface area contributed by atoms with Crippen LogP contribution in [0.15, 0.2) is 0 Å². The van der Waals surface area contributed by atoms with Crippen LogP contribution in [0.4, 0.5) is 0 Å². The molecule has 35 heteroatoms. The Morgan fingerprint density at radius 2 is 0.371 bits per heavy atom. The van der Waals surface area contributed by atoms with E-state index in [1.54, 1.807) is 58.8 Å². The van der Waals surface area contributed by atoms with Gasteiger partial charge in [-0.25, -0.2) is 0 Å². The van der Waals surface area contributed by atoms with Gasteiger partial charge in [-0.3, -0.25) is 47.9 Å². The van der Waals surface area contributed by atoms with Crippen molar-refractivity contribution in [3.8, 4) is 0 Å². The molecule has 0 aromatic carbocycles. The van der Waals surface area contributed by atoms with Crippen LogP contribution in [0.25, 0.3) is 0 Å². The van der Waals surface area contributed by atoms with E-state index in [0.717, 1.165) is 28.8 Å². The Morgan fingerprint density at radius 3 is 0.414 bits per heavy atom. The molecule has 0 bridgehead atoms. The van der Waals surface area contributed by atoms with Gasteiger partial charge in [-0.15, -0.1) is 0 Å². The monoisotopic (exact) mass is 1120 g/mol. The molecule has 0 aliphatic heterocycles. The molecule has 0 spiro atoms. The minimum absolute atomic E-state index is 0.278. The number of carboxylic acids is 10. The fraction of sp³-hybridized carbons (Fsp3) is 0.714. The SMILES string of the molecule is CSCCC(N)C(=O)O.CSCCC(N)C(=O)O.CSCCC(N)C(=O)O.CSCCC(N)C(=O)O.CSCCC(N)C(=O)O.NCC(=O)O.NCC(=O)O.NCC(=O)O.NCC(=O)O.NCC(=O)O. The first kappa shape index (κ1) is 89.0. The molecule has 5 unspecified atom stereocenters. The average molecular weight is 1120 g/mol. The fourth-order valence-corrected chi connectivity index (χ4v) is 4.29. The summed E-state index contributed by atoms with van der Waals surface area (Å²) in [6, 6.07) is -3.41. The third kappa shape index (κ3) is 120. The average Bonchev–Trinajstić information content (AvgIpc) is 3.31. The van der Waals surface area contributed by atoms with Gasteiger partial charge in [0.15, 0.2) is 0 Å². The van der Waals surface area contributed by atoms with Crippen LogP contribution in [0.5, 0.6) is 0 Å². The molecule has 0 saturated heterocycles. The van der Waals surface area contributed by atoms with Crippen molar-refractivity contribution in [2.45, 2.75) is 62.3 Å². The number of nitrogens with two attached hydrogens (primary N) is 10. The van der Waals surface area contributed by atoms with E-state index in [1.807, 2.05) is 31.3 Å². The summed E-state index contributed by atoms with van der Waals surface area (Å²) in [6.45, 7) is -1.39. The predicted molar refractivity (Wildman–Crippen MR) is 277 cm³/mol. The maximum Gasteiger partial charge on any atom is 0.320 e. The third-order valence-corrected chi connectivity index (χ3v) is 8.84. The van der Waals surface area contributed by atoms with Crippen LogP contribution < -0.4 is 57.3 Å². The van der Waals surface area contributed by atoms with Crippen molar-refractivity contribution >= 4 is 119 Å². The lowest BCUT2D eigenvalue weighted by atomic mass is 10.2. The first-order valence-corrected chi connectivity index (χ1v) is 26.2. The van der Waals surface area contributed by atoms with Gasteiger partial charge < -0.3 is 108 Å². The number of thioether (sulfide) groups is 5. The zero-order valence-corrected chi connectivity index (χ0v) is 43.9. The van der Waals surface area contributed by atoms with E-state index < -0.39 is 89.9 Å². The maximum absolute atomic E-state index is 10.1. The Morgan fingerprint density at radius 1 is 0.286 bits per heavy atom. The smallest absolute Gasteiger partial charge is 0.320 e. The second kappa shape index (κ2) is 71.6. The van der Waals surface area contributed by atoms with E-state index in [-0.39, 0.29) is 32.7 Å². The summed E-state index contributed by atoms with van der Waals surface area (Å²) in [4.78, 5) is 96.6. The van der Waals surface area contributed by atoms with Crippen molar-refractivity contribution in [2.24, 2.45) is 57.3 Å². The zero-order valence-electron chi connectivity index (χ0n) is 39.9. The van der Waals surface area contributed by atoms with Crippen LogP contribution in [0.3, 0.4) is 0 Å². The van der Waals surface area contributed by atoms with Gasteiger partial charge in [0.25, 0.3) is 0 Å². The molecule has 0 amide bonds. The number of aliphatic carboxylic acids is 10. The second-order valence-corrected chi connectivity index (χ2v) is 16.5. The highest BCUT2D eigenvalue weighted by Crippen LogP contribution is 2.00. The third-order valence-electron chi connectivity index (χ3n) is 5.62. The highest BCUT2D eigenvalue weighted by atomic mass is 32.2. The largest absolute Gasteiger partial charge is 0.480 e. The van der Waals surface area contributed by atoms with Crippen LogP contribution >= 0.6 is 58.8 Å². The summed E-state index contributed by atoms with van der Waals surface area (Å²) in [5.74, 6) is -5.34. The van der Waals surface area contributed by atoms with Crippen molar-refractivity contribution in [3.63, 3.8) is 0 Å². The van der Waals surface area contributed by atoms with Crippen LogP contribution in [0.2, 0.25) is 0 Å². The van der Waals surface area contributed by atoms with Crippen LogP contribution in [0.1, 0.15) is 32.1 Å². The van der Waals surface area contributed by atoms with E-state index in [2.05, 4.69) is 28.7 Å². The van der Waals surface area contributed by atoms with E-state index in [1.165, 1.54) is 0 Å². The molecular weight excluding hydrogens is 1040 g/mol. The lowest BCUT2D eigenvalue weighted by Crippen LogP contribution is -2.30. The van der Waals surface area contributed by atoms with Gasteiger partial charge in [0.2, 0.25) is 0 Å². The standard InChI is InChI=1S/5C5H11NO2S.5C2H5NO2/c5*1-9-3-2-4(6)5(7)8;5*3-1-2(4)5/h5*4H,2-3,6H2,1H3,(H,7,8);5*1,3H2,(H,4,5). The molecule has 0 saturated carbocycles. The maximum atomic E-state index is 10.1. The molecule has 0 aliphatic rings. The zero-order chi connectivity index (χ0) is 57.8. The lowest BCUT2D eigenvalue weighted by Gasteiger charge is -2.02. The predicted octanol–water partition coefficient (Wildman–Crippen LogP) is -4.09. The van der Waals surface area contributed by atoms with Crippen molar-refractivity contribution in [3.05, 3.63) is 0 Å². The van der Waals surface area contributed by atoms with Crippen LogP contribution in [-0.2, 0) is 47.9 Å². The van der Waals surface area contributed by atoms with Gasteiger partial charge in [0.1, 0.15) is 30.2 Å². The fourth-order valence-electron chi connectivity index (χ4n) is 1.84. The number of hydrogen-bond donors (Lipinski definition) is 20. The number of rotatable bonds is 25. The Bertz CT molecular complexity index is 1110. The Balaban J connectivity index is -0.0000000723. The molecule has 5 atom stereocenters. The molecule has 0 fully saturated rings. The van der Waals surface area contributed by atoms with Crippen LogP contribution in [-0.4, -0.2) is 234 Å². The van der Waals surface area contributed by atoms with E-state index >= 15 is 0 Å². The van der Waals surface area contributed by atoms with Crippen molar-refractivity contribution in [2.75, 3.05) is 92.8 Å². The van der Waals surface area contributed by atoms with Gasteiger partial charge in [0, 0.05) is 0 Å². The number of hydrogen-bond acceptors (Lipinski definition) is 25. The van der Waals surface area contributed by atoms with Gasteiger partial charge >= 0.3 is 59.7 Å². The van der Waals surface area contributed by atoms with Gasteiger partial charge in [0.05, 0.1) is 32.7 Å². The topological polar surface area (TPSA) is 633 Å². The lowest BCUT2D eigenvalue weighted by molar-refractivity contribution is -0.139. The highest BCUT2D eigenvalue weighted by molar-refractivity contribution is 7.99. The van der Waals surface area contributed by atoms with Crippen molar-refractivity contribution in [1.82, 2.24) is 0 Å². The van der Waals surface area contributed by atoms with Gasteiger partial charge in [-0.1, -0.05) is 0 Å². The normalized spacial score (nSPS) is 11.1. The highest BCUT2D eigenvalue weighted by Gasteiger charge is 2.11. The second-order valence-electron chi connectivity index (χ2n) is 11.6. The summed E-state index contributed by atoms with van der Waals surface area (Å²) in [7, 11) is 0. The molecule has 70 heavy (non-hydrogen) atoms. The molecule has 0 rings (SSSR count). The molecule has 0 heterocycles. The van der Waals surface area contributed by atoms with Crippen molar-refractivity contribution in [1.29, 1.82) is 0 Å². The Hall–Kier alpha value is -3.95. The Kier molecular flexibility index (Phi) is 91.0. The first-order valence-electron chi connectivity index (χ1n) is 19.2. The quantitative estimate of drug-likeness (QED) is 0.0413. The summed E-state index contributed by atoms with van der Waals surface area (Å²) >= 11 is 8.02. The number of carboxylic acid groups (broad SMARTS) is 10. The van der Waals surface area contributed by atoms with E-state index in [9.17, 15) is 47.9 Å². The minimum atomic E-state index is -0.968. The molecule has 0 aromatic heterocycles. The molecule has 0 radical (unpaired) electrons. The summed E-state index contributed by atoms with van der Waals surface area (Å²) in [5.41, 5.74) is 48.8. The van der Waals surface area contributed by atoms with E-state index in [4.69, 9.17) is 79.7 Å². The van der Waals surface area contributed by atoms with Gasteiger partial charge in [-0.2, -0.15) is 58.8 Å². The molecular formula is C35H80N10O20S5. The first-order chi connectivity index (χ1) is 32.3. The summed E-state index contributed by atoms with van der Waals surface area (Å²) in [6.07, 6.45) is 12.4. The van der Waals surface area contributed by atoms with Crippen LogP contribution in [0, 0.1) is 0 Å².